The van der Waals surface area contributed by atoms with Gasteiger partial charge in [-0.25, -0.2) is 4.79 Å². The van der Waals surface area contributed by atoms with Crippen molar-refractivity contribution in [2.45, 2.75) is 45.7 Å². The molecular weight excluding hydrogens is 457 g/mol. The predicted molar refractivity (Wildman–Crippen MR) is 105 cm³/mol. The van der Waals surface area contributed by atoms with Gasteiger partial charge in [0, 0.05) is 32.2 Å². The second kappa shape index (κ2) is 9.42. The van der Waals surface area contributed by atoms with Crippen LogP contribution in [0.5, 0.6) is 11.5 Å². The van der Waals surface area contributed by atoms with Gasteiger partial charge < -0.3 is 19.1 Å². The van der Waals surface area contributed by atoms with Crippen molar-refractivity contribution >= 4 is 22.0 Å². The summed E-state index contributed by atoms with van der Waals surface area (Å²) in [5.74, 6) is 0.114. The summed E-state index contributed by atoms with van der Waals surface area (Å²) >= 11 is 3.20. The fourth-order valence-electron chi connectivity index (χ4n) is 2.89. The van der Waals surface area contributed by atoms with Crippen LogP contribution in [-0.2, 0) is 4.74 Å². The van der Waals surface area contributed by atoms with Crippen molar-refractivity contribution in [3.8, 4) is 11.5 Å². The molecule has 0 spiro atoms. The maximum Gasteiger partial charge on any atom is 0.573 e. The summed E-state index contributed by atoms with van der Waals surface area (Å²) in [7, 11) is 0. The molecule has 0 aliphatic carbocycles. The Morgan fingerprint density at radius 3 is 2.48 bits per heavy atom. The molecule has 2 rings (SSSR count). The number of halogens is 4. The molecule has 1 amide bonds. The Hall–Kier alpha value is -1.68. The van der Waals surface area contributed by atoms with Crippen LogP contribution < -0.4 is 9.47 Å². The lowest BCUT2D eigenvalue weighted by atomic mass is 10.2. The second-order valence-corrected chi connectivity index (χ2v) is 8.65. The van der Waals surface area contributed by atoms with Crippen LogP contribution in [0.4, 0.5) is 18.0 Å². The van der Waals surface area contributed by atoms with Crippen LogP contribution in [0, 0.1) is 0 Å². The van der Waals surface area contributed by atoms with Crippen molar-refractivity contribution < 1.29 is 32.2 Å². The van der Waals surface area contributed by atoms with Gasteiger partial charge in [0.05, 0.1) is 4.47 Å². The standard InChI is InChI=1S/C19H26BrF3N2O4/c1-13-12-25(17(26)29-18(2,3)4)8-7-24(13)9-10-27-16-6-5-14(11-15(16)20)28-19(21,22)23/h5-6,11,13H,7-10,12H2,1-4H3. The zero-order chi connectivity index (χ0) is 21.8. The first-order valence-corrected chi connectivity index (χ1v) is 10.0. The number of ether oxygens (including phenoxy) is 3. The van der Waals surface area contributed by atoms with Crippen molar-refractivity contribution in [3.05, 3.63) is 22.7 Å². The largest absolute Gasteiger partial charge is 0.573 e. The van der Waals surface area contributed by atoms with Gasteiger partial charge in [-0.1, -0.05) is 0 Å². The average molecular weight is 483 g/mol. The van der Waals surface area contributed by atoms with E-state index in [-0.39, 0.29) is 17.9 Å². The van der Waals surface area contributed by atoms with E-state index in [0.29, 0.717) is 43.0 Å². The van der Waals surface area contributed by atoms with Gasteiger partial charge in [0.25, 0.3) is 0 Å². The normalized spacial score (nSPS) is 18.5. The number of hydrogen-bond donors (Lipinski definition) is 0. The Morgan fingerprint density at radius 1 is 1.24 bits per heavy atom. The zero-order valence-corrected chi connectivity index (χ0v) is 18.5. The number of hydrogen-bond acceptors (Lipinski definition) is 5. The summed E-state index contributed by atoms with van der Waals surface area (Å²) in [4.78, 5) is 16.1. The molecule has 1 heterocycles. The third kappa shape index (κ3) is 7.93. The Kier molecular flexibility index (Phi) is 7.67. The summed E-state index contributed by atoms with van der Waals surface area (Å²) in [5.41, 5.74) is -0.528. The molecule has 0 N–H and O–H groups in total. The van der Waals surface area contributed by atoms with Crippen LogP contribution in [0.2, 0.25) is 0 Å². The summed E-state index contributed by atoms with van der Waals surface area (Å²) in [6.07, 6.45) is -5.05. The van der Waals surface area contributed by atoms with Crippen LogP contribution in [0.15, 0.2) is 22.7 Å². The van der Waals surface area contributed by atoms with E-state index < -0.39 is 12.0 Å². The quantitative estimate of drug-likeness (QED) is 0.610. The topological polar surface area (TPSA) is 51.2 Å². The fraction of sp³-hybridized carbons (Fsp3) is 0.632. The van der Waals surface area contributed by atoms with Gasteiger partial charge in [-0.3, -0.25) is 4.90 Å². The number of carbonyl (C=O) groups excluding carboxylic acids is 1. The summed E-state index contributed by atoms with van der Waals surface area (Å²) in [6.45, 7) is 10.3. The molecule has 0 radical (unpaired) electrons. The van der Waals surface area contributed by atoms with Gasteiger partial charge in [-0.15, -0.1) is 13.2 Å². The first kappa shape index (κ1) is 23.6. The lowest BCUT2D eigenvalue weighted by Crippen LogP contribution is -2.55. The zero-order valence-electron chi connectivity index (χ0n) is 16.9. The first-order valence-electron chi connectivity index (χ1n) is 9.24. The maximum absolute atomic E-state index is 12.3. The van der Waals surface area contributed by atoms with E-state index in [1.54, 1.807) is 4.90 Å². The molecule has 1 aromatic rings. The number of nitrogens with zero attached hydrogens (tertiary/aromatic N) is 2. The SMILES string of the molecule is CC1CN(C(=O)OC(C)(C)C)CCN1CCOc1ccc(OC(F)(F)F)cc1Br. The highest BCUT2D eigenvalue weighted by molar-refractivity contribution is 9.10. The van der Waals surface area contributed by atoms with Gasteiger partial charge >= 0.3 is 12.5 Å². The lowest BCUT2D eigenvalue weighted by Gasteiger charge is -2.40. The number of alkyl halides is 3. The van der Waals surface area contributed by atoms with Gasteiger partial charge in [-0.05, 0) is 61.8 Å². The number of piperazine rings is 1. The molecule has 1 unspecified atom stereocenters. The molecule has 0 saturated carbocycles. The fourth-order valence-corrected chi connectivity index (χ4v) is 3.36. The Bertz CT molecular complexity index is 710. The van der Waals surface area contributed by atoms with Crippen molar-refractivity contribution in [1.29, 1.82) is 0 Å². The smallest absolute Gasteiger partial charge is 0.491 e. The minimum Gasteiger partial charge on any atom is -0.491 e. The van der Waals surface area contributed by atoms with Crippen LogP contribution in [-0.4, -0.2) is 66.7 Å². The van der Waals surface area contributed by atoms with Crippen molar-refractivity contribution in [1.82, 2.24) is 9.80 Å². The molecule has 1 fully saturated rings. The number of rotatable bonds is 5. The molecule has 1 saturated heterocycles. The number of benzene rings is 1. The summed E-state index contributed by atoms with van der Waals surface area (Å²) in [6, 6.07) is 3.97. The number of amides is 1. The molecule has 29 heavy (non-hydrogen) atoms. The van der Waals surface area contributed by atoms with Gasteiger partial charge in [0.1, 0.15) is 23.7 Å². The Morgan fingerprint density at radius 2 is 1.93 bits per heavy atom. The number of carbonyl (C=O) groups is 1. The van der Waals surface area contributed by atoms with Crippen molar-refractivity contribution in [2.24, 2.45) is 0 Å². The van der Waals surface area contributed by atoms with E-state index in [0.717, 1.165) is 0 Å². The van der Waals surface area contributed by atoms with Crippen LogP contribution in [0.3, 0.4) is 0 Å². The molecule has 1 atom stereocenters. The summed E-state index contributed by atoms with van der Waals surface area (Å²) in [5, 5.41) is 0. The third-order valence-corrected chi connectivity index (χ3v) is 4.81. The molecule has 1 aliphatic heterocycles. The Balaban J connectivity index is 1.80. The molecule has 0 aromatic heterocycles. The molecular formula is C19H26BrF3N2O4. The van der Waals surface area contributed by atoms with E-state index in [4.69, 9.17) is 9.47 Å². The minimum absolute atomic E-state index is 0.130. The van der Waals surface area contributed by atoms with E-state index in [2.05, 4.69) is 25.6 Å². The first-order chi connectivity index (χ1) is 13.3. The monoisotopic (exact) mass is 482 g/mol. The van der Waals surface area contributed by atoms with Crippen LogP contribution in [0.1, 0.15) is 27.7 Å². The average Bonchev–Trinajstić information content (AvgIpc) is 2.55. The van der Waals surface area contributed by atoms with Crippen LogP contribution >= 0.6 is 15.9 Å². The molecule has 10 heteroatoms. The highest BCUT2D eigenvalue weighted by Crippen LogP contribution is 2.32. The molecule has 6 nitrogen and oxygen atoms in total. The van der Waals surface area contributed by atoms with E-state index >= 15 is 0 Å². The summed E-state index contributed by atoms with van der Waals surface area (Å²) < 4.78 is 52.2. The Labute approximate surface area is 177 Å². The van der Waals surface area contributed by atoms with Gasteiger partial charge in [0.15, 0.2) is 0 Å². The highest BCUT2D eigenvalue weighted by atomic mass is 79.9. The van der Waals surface area contributed by atoms with Crippen LogP contribution in [0.25, 0.3) is 0 Å². The minimum atomic E-state index is -4.74. The van der Waals surface area contributed by atoms with E-state index in [1.165, 1.54) is 18.2 Å². The van der Waals surface area contributed by atoms with Crippen molar-refractivity contribution in [2.75, 3.05) is 32.8 Å². The molecule has 164 valence electrons. The predicted octanol–water partition coefficient (Wildman–Crippen LogP) is 4.67. The highest BCUT2D eigenvalue weighted by Gasteiger charge is 2.31. The lowest BCUT2D eigenvalue weighted by molar-refractivity contribution is -0.274. The third-order valence-electron chi connectivity index (χ3n) is 4.19. The molecule has 0 bridgehead atoms. The van der Waals surface area contributed by atoms with Crippen molar-refractivity contribution in [3.63, 3.8) is 0 Å². The molecule has 1 aromatic carbocycles. The van der Waals surface area contributed by atoms with E-state index in [9.17, 15) is 18.0 Å². The second-order valence-electron chi connectivity index (χ2n) is 7.80. The van der Waals surface area contributed by atoms with Gasteiger partial charge in [0.2, 0.25) is 0 Å². The van der Waals surface area contributed by atoms with Gasteiger partial charge in [-0.2, -0.15) is 0 Å². The molecule has 1 aliphatic rings. The van der Waals surface area contributed by atoms with E-state index in [1.807, 2.05) is 27.7 Å². The maximum atomic E-state index is 12.3.